The van der Waals surface area contributed by atoms with Crippen LogP contribution in [-0.2, 0) is 17.8 Å². The van der Waals surface area contributed by atoms with E-state index in [4.69, 9.17) is 0 Å². The van der Waals surface area contributed by atoms with Crippen LogP contribution in [0, 0.1) is 6.92 Å². The van der Waals surface area contributed by atoms with Gasteiger partial charge in [0.25, 0.3) is 5.91 Å². The van der Waals surface area contributed by atoms with E-state index in [0.29, 0.717) is 6.54 Å². The number of likely N-dealkylation sites (tertiary alicyclic amines) is 1. The first kappa shape index (κ1) is 19.0. The third-order valence-corrected chi connectivity index (χ3v) is 4.72. The molecule has 8 heteroatoms. The van der Waals surface area contributed by atoms with E-state index < -0.39 is 6.17 Å². The highest BCUT2D eigenvalue weighted by atomic mass is 19.1. The van der Waals surface area contributed by atoms with Crippen molar-refractivity contribution in [1.82, 2.24) is 24.8 Å². The van der Waals surface area contributed by atoms with Crippen molar-refractivity contribution in [2.75, 3.05) is 20.6 Å². The molecule has 1 saturated heterocycles. The van der Waals surface area contributed by atoms with E-state index in [-0.39, 0.29) is 42.9 Å². The van der Waals surface area contributed by atoms with Crippen LogP contribution in [0.25, 0.3) is 0 Å². The Kier molecular flexibility index (Phi) is 5.53. The number of carbonyl (C=O) groups is 2. The molecule has 0 saturated carbocycles. The van der Waals surface area contributed by atoms with E-state index in [1.54, 1.807) is 19.0 Å². The van der Waals surface area contributed by atoms with E-state index in [9.17, 15) is 14.0 Å². The fourth-order valence-electron chi connectivity index (χ4n) is 3.25. The zero-order chi connectivity index (χ0) is 19.6. The number of halogens is 1. The van der Waals surface area contributed by atoms with Gasteiger partial charge in [0.2, 0.25) is 5.91 Å². The van der Waals surface area contributed by atoms with Gasteiger partial charge in [-0.1, -0.05) is 35.0 Å². The molecule has 2 amide bonds. The van der Waals surface area contributed by atoms with Crippen molar-refractivity contribution in [2.45, 2.75) is 38.5 Å². The van der Waals surface area contributed by atoms with Crippen LogP contribution in [0.4, 0.5) is 4.39 Å². The van der Waals surface area contributed by atoms with Crippen molar-refractivity contribution >= 4 is 11.8 Å². The summed E-state index contributed by atoms with van der Waals surface area (Å²) in [7, 11) is 3.27. The highest BCUT2D eigenvalue weighted by Crippen LogP contribution is 2.23. The van der Waals surface area contributed by atoms with Gasteiger partial charge in [0, 0.05) is 20.5 Å². The first-order valence-electron chi connectivity index (χ1n) is 8.94. The summed E-state index contributed by atoms with van der Waals surface area (Å²) in [5.41, 5.74) is 2.27. The molecule has 0 aliphatic carbocycles. The lowest BCUT2D eigenvalue weighted by Gasteiger charge is -2.24. The maximum Gasteiger partial charge on any atom is 0.275 e. The fraction of sp³-hybridized carbons (Fsp3) is 0.474. The smallest absolute Gasteiger partial charge is 0.275 e. The summed E-state index contributed by atoms with van der Waals surface area (Å²) in [6.45, 7) is 2.39. The Labute approximate surface area is 157 Å². The number of hydrogen-bond acceptors (Lipinski definition) is 4. The molecule has 2 heterocycles. The summed E-state index contributed by atoms with van der Waals surface area (Å²) < 4.78 is 15.5. The first-order valence-corrected chi connectivity index (χ1v) is 8.94. The van der Waals surface area contributed by atoms with Gasteiger partial charge in [-0.05, 0) is 12.5 Å². The molecule has 3 rings (SSSR count). The third kappa shape index (κ3) is 4.50. The second kappa shape index (κ2) is 7.85. The molecule has 1 aromatic heterocycles. The van der Waals surface area contributed by atoms with Crippen molar-refractivity contribution in [3.05, 3.63) is 47.3 Å². The number of aromatic nitrogens is 3. The third-order valence-electron chi connectivity index (χ3n) is 4.72. The lowest BCUT2D eigenvalue weighted by molar-refractivity contribution is -0.131. The van der Waals surface area contributed by atoms with Crippen molar-refractivity contribution in [1.29, 1.82) is 0 Å². The molecule has 0 spiro atoms. The van der Waals surface area contributed by atoms with Crippen LogP contribution in [0.15, 0.2) is 30.5 Å². The summed E-state index contributed by atoms with van der Waals surface area (Å²) in [4.78, 5) is 27.6. The molecular weight excluding hydrogens is 349 g/mol. The number of alkyl halides is 1. The molecule has 1 aliphatic heterocycles. The normalized spacial score (nSPS) is 19.3. The summed E-state index contributed by atoms with van der Waals surface area (Å²) >= 11 is 0. The van der Waals surface area contributed by atoms with Crippen molar-refractivity contribution in [3.63, 3.8) is 0 Å². The highest BCUT2D eigenvalue weighted by Gasteiger charge is 2.35. The van der Waals surface area contributed by atoms with Gasteiger partial charge in [-0.15, -0.1) is 5.10 Å². The molecule has 2 atom stereocenters. The zero-order valence-corrected chi connectivity index (χ0v) is 15.8. The van der Waals surface area contributed by atoms with Gasteiger partial charge in [-0.2, -0.15) is 0 Å². The molecule has 0 N–H and O–H groups in total. The SMILES string of the molecule is Cc1ccc(CC(=O)N2C[C@@H](F)C[C@H]2Cn2cc(C(=O)N(C)C)nn2)cc1. The van der Waals surface area contributed by atoms with Crippen molar-refractivity contribution in [3.8, 4) is 0 Å². The van der Waals surface area contributed by atoms with Crippen LogP contribution in [0.2, 0.25) is 0 Å². The lowest BCUT2D eigenvalue weighted by atomic mass is 10.1. The Balaban J connectivity index is 1.68. The number of nitrogens with zero attached hydrogens (tertiary/aromatic N) is 5. The predicted octanol–water partition coefficient (Wildman–Crippen LogP) is 1.47. The van der Waals surface area contributed by atoms with Crippen LogP contribution in [0.3, 0.4) is 0 Å². The maximum absolute atomic E-state index is 14.0. The predicted molar refractivity (Wildman–Crippen MR) is 97.9 cm³/mol. The number of carbonyl (C=O) groups excluding carboxylic acids is 2. The van der Waals surface area contributed by atoms with Crippen LogP contribution in [-0.4, -0.2) is 69.5 Å². The summed E-state index contributed by atoms with van der Waals surface area (Å²) in [5.74, 6) is -0.350. The Bertz CT molecular complexity index is 818. The maximum atomic E-state index is 14.0. The Morgan fingerprint density at radius 3 is 2.63 bits per heavy atom. The second-order valence-electron chi connectivity index (χ2n) is 7.22. The summed E-state index contributed by atoms with van der Waals surface area (Å²) in [6.07, 6.45) is 0.987. The van der Waals surface area contributed by atoms with Gasteiger partial charge in [0.1, 0.15) is 6.17 Å². The highest BCUT2D eigenvalue weighted by molar-refractivity contribution is 5.91. The Hall–Kier alpha value is -2.77. The van der Waals surface area contributed by atoms with Gasteiger partial charge in [-0.3, -0.25) is 9.59 Å². The molecule has 0 bridgehead atoms. The number of benzene rings is 1. The zero-order valence-electron chi connectivity index (χ0n) is 15.8. The minimum absolute atomic E-state index is 0.0908. The van der Waals surface area contributed by atoms with Crippen molar-refractivity contribution in [2.24, 2.45) is 0 Å². The molecule has 0 unspecified atom stereocenters. The standard InChI is InChI=1S/C19H24FN5O2/c1-13-4-6-14(7-5-13)8-18(26)25-10-15(20)9-16(25)11-24-12-17(21-22-24)19(27)23(2)3/h4-7,12,15-16H,8-11H2,1-3H3/t15-,16-/m0/s1. The average Bonchev–Trinajstić information content (AvgIpc) is 3.23. The van der Waals surface area contributed by atoms with E-state index in [1.807, 2.05) is 31.2 Å². The van der Waals surface area contributed by atoms with Crippen LogP contribution in [0.5, 0.6) is 0 Å². The minimum atomic E-state index is -1.05. The van der Waals surface area contributed by atoms with Crippen LogP contribution in [0.1, 0.15) is 28.0 Å². The molecule has 1 fully saturated rings. The fourth-order valence-corrected chi connectivity index (χ4v) is 3.25. The molecule has 1 aliphatic rings. The summed E-state index contributed by atoms with van der Waals surface area (Å²) in [5, 5.41) is 7.82. The summed E-state index contributed by atoms with van der Waals surface area (Å²) in [6, 6.07) is 7.45. The Morgan fingerprint density at radius 1 is 1.26 bits per heavy atom. The Morgan fingerprint density at radius 2 is 1.96 bits per heavy atom. The lowest BCUT2D eigenvalue weighted by Crippen LogP contribution is -2.39. The van der Waals surface area contributed by atoms with Gasteiger partial charge in [0.05, 0.1) is 31.7 Å². The van der Waals surface area contributed by atoms with Gasteiger partial charge < -0.3 is 9.80 Å². The van der Waals surface area contributed by atoms with E-state index in [0.717, 1.165) is 11.1 Å². The van der Waals surface area contributed by atoms with E-state index in [1.165, 1.54) is 15.8 Å². The topological polar surface area (TPSA) is 71.3 Å². The van der Waals surface area contributed by atoms with Gasteiger partial charge >= 0.3 is 0 Å². The van der Waals surface area contributed by atoms with E-state index in [2.05, 4.69) is 10.3 Å². The number of hydrogen-bond donors (Lipinski definition) is 0. The monoisotopic (exact) mass is 373 g/mol. The molecular formula is C19H24FN5O2. The second-order valence-corrected chi connectivity index (χ2v) is 7.22. The van der Waals surface area contributed by atoms with Crippen LogP contribution >= 0.6 is 0 Å². The molecule has 1 aromatic carbocycles. The number of aryl methyl sites for hydroxylation is 1. The van der Waals surface area contributed by atoms with Crippen LogP contribution < -0.4 is 0 Å². The largest absolute Gasteiger partial charge is 0.343 e. The minimum Gasteiger partial charge on any atom is -0.343 e. The van der Waals surface area contributed by atoms with Crippen molar-refractivity contribution < 1.29 is 14.0 Å². The molecule has 144 valence electrons. The number of amides is 2. The van der Waals surface area contributed by atoms with Gasteiger partial charge in [0.15, 0.2) is 5.69 Å². The molecule has 2 aromatic rings. The van der Waals surface area contributed by atoms with E-state index >= 15 is 0 Å². The average molecular weight is 373 g/mol. The van der Waals surface area contributed by atoms with Gasteiger partial charge in [-0.25, -0.2) is 9.07 Å². The molecule has 7 nitrogen and oxygen atoms in total. The molecule has 27 heavy (non-hydrogen) atoms. The quantitative estimate of drug-likeness (QED) is 0.796. The number of rotatable bonds is 5. The molecule has 0 radical (unpaired) electrons. The first-order chi connectivity index (χ1) is 12.8.